The summed E-state index contributed by atoms with van der Waals surface area (Å²) in [4.78, 5) is 5.37. The van der Waals surface area contributed by atoms with Crippen molar-refractivity contribution in [1.82, 2.24) is 14.6 Å². The molecule has 2 aromatic heterocycles. The molecule has 0 fully saturated rings. The second-order valence-corrected chi connectivity index (χ2v) is 8.05. The largest absolute Gasteiger partial charge is 0.359 e. The summed E-state index contributed by atoms with van der Waals surface area (Å²) in [5.41, 5.74) is 1.69. The molecule has 0 saturated carbocycles. The van der Waals surface area contributed by atoms with Gasteiger partial charge in [-0.1, -0.05) is 11.3 Å². The maximum Gasteiger partial charge on any atom is 0.214 e. The molecule has 0 unspecified atom stereocenters. The van der Waals surface area contributed by atoms with E-state index in [1.54, 1.807) is 16.6 Å². The summed E-state index contributed by atoms with van der Waals surface area (Å²) in [7, 11) is 0. The van der Waals surface area contributed by atoms with Crippen molar-refractivity contribution in [3.8, 4) is 11.3 Å². The van der Waals surface area contributed by atoms with Crippen LogP contribution in [0.4, 0.5) is 9.52 Å². The normalized spacial score (nSPS) is 12.0. The first-order valence-corrected chi connectivity index (χ1v) is 8.92. The SMILES string of the molecule is CSC(C)(C)CNc1nn2cc(-c3ccc(F)cc3)nc2s1. The van der Waals surface area contributed by atoms with Crippen LogP contribution in [0.25, 0.3) is 16.2 Å². The summed E-state index contributed by atoms with van der Waals surface area (Å²) >= 11 is 3.33. The maximum atomic E-state index is 13.0. The predicted octanol–water partition coefficient (Wildman–Crippen LogP) is 4.15. The van der Waals surface area contributed by atoms with E-state index in [1.165, 1.54) is 23.5 Å². The highest BCUT2D eigenvalue weighted by atomic mass is 32.2. The molecule has 0 amide bonds. The summed E-state index contributed by atoms with van der Waals surface area (Å²) in [5, 5.41) is 8.70. The number of anilines is 1. The summed E-state index contributed by atoms with van der Waals surface area (Å²) in [6.07, 6.45) is 3.97. The number of nitrogens with one attached hydrogen (secondary N) is 1. The molecule has 22 heavy (non-hydrogen) atoms. The van der Waals surface area contributed by atoms with Gasteiger partial charge in [-0.25, -0.2) is 13.9 Å². The summed E-state index contributed by atoms with van der Waals surface area (Å²) in [5.74, 6) is -0.245. The molecular formula is C15H17FN4S2. The fraction of sp³-hybridized carbons (Fsp3) is 0.333. The van der Waals surface area contributed by atoms with E-state index in [0.717, 1.165) is 27.9 Å². The number of halogens is 1. The van der Waals surface area contributed by atoms with E-state index in [2.05, 4.69) is 35.5 Å². The fourth-order valence-electron chi connectivity index (χ4n) is 1.89. The number of fused-ring (bicyclic) bond motifs is 1. The Morgan fingerprint density at radius 1 is 1.32 bits per heavy atom. The Kier molecular flexibility index (Phi) is 4.10. The van der Waals surface area contributed by atoms with Crippen molar-refractivity contribution in [1.29, 1.82) is 0 Å². The molecule has 0 bridgehead atoms. The van der Waals surface area contributed by atoms with Gasteiger partial charge in [-0.05, 0) is 44.4 Å². The molecule has 0 atom stereocenters. The average Bonchev–Trinajstić information content (AvgIpc) is 3.04. The standard InChI is InChI=1S/C15H17FN4S2/c1-15(2,21-3)9-17-13-19-20-8-12(18-14(20)22-13)10-4-6-11(16)7-5-10/h4-8H,9H2,1-3H3,(H,17,19). The molecule has 7 heteroatoms. The van der Waals surface area contributed by atoms with Crippen molar-refractivity contribution in [3.05, 3.63) is 36.3 Å². The van der Waals surface area contributed by atoms with Gasteiger partial charge in [-0.3, -0.25) is 0 Å². The lowest BCUT2D eigenvalue weighted by atomic mass is 10.2. The lowest BCUT2D eigenvalue weighted by Gasteiger charge is -2.21. The van der Waals surface area contributed by atoms with Crippen molar-refractivity contribution in [3.63, 3.8) is 0 Å². The minimum atomic E-state index is -0.245. The van der Waals surface area contributed by atoms with Crippen molar-refractivity contribution in [2.24, 2.45) is 0 Å². The first kappa shape index (κ1) is 15.3. The molecule has 3 rings (SSSR count). The van der Waals surface area contributed by atoms with Gasteiger partial charge in [0.2, 0.25) is 10.1 Å². The van der Waals surface area contributed by atoms with Crippen LogP contribution in [-0.4, -0.2) is 32.1 Å². The first-order valence-electron chi connectivity index (χ1n) is 6.88. The maximum absolute atomic E-state index is 13.0. The number of thioether (sulfide) groups is 1. The molecule has 0 aliphatic heterocycles. The number of rotatable bonds is 5. The molecule has 0 spiro atoms. The Hall–Kier alpha value is -1.60. The van der Waals surface area contributed by atoms with E-state index < -0.39 is 0 Å². The quantitative estimate of drug-likeness (QED) is 0.760. The minimum Gasteiger partial charge on any atom is -0.359 e. The molecule has 2 heterocycles. The third-order valence-corrected chi connectivity index (χ3v) is 5.53. The van der Waals surface area contributed by atoms with Gasteiger partial charge in [-0.15, -0.1) is 5.10 Å². The van der Waals surface area contributed by atoms with E-state index in [9.17, 15) is 4.39 Å². The second-order valence-electron chi connectivity index (χ2n) is 5.58. The van der Waals surface area contributed by atoms with Gasteiger partial charge >= 0.3 is 0 Å². The lowest BCUT2D eigenvalue weighted by Crippen LogP contribution is -2.25. The van der Waals surface area contributed by atoms with Gasteiger partial charge in [-0.2, -0.15) is 11.8 Å². The summed E-state index contributed by atoms with van der Waals surface area (Å²) in [6, 6.07) is 6.32. The smallest absolute Gasteiger partial charge is 0.214 e. The van der Waals surface area contributed by atoms with Gasteiger partial charge in [0.1, 0.15) is 5.82 Å². The lowest BCUT2D eigenvalue weighted by molar-refractivity contribution is 0.628. The summed E-state index contributed by atoms with van der Waals surface area (Å²) in [6.45, 7) is 5.22. The first-order chi connectivity index (χ1) is 10.5. The second kappa shape index (κ2) is 5.89. The molecule has 4 nitrogen and oxygen atoms in total. The van der Waals surface area contributed by atoms with Gasteiger partial charge in [0.15, 0.2) is 0 Å². The minimum absolute atomic E-state index is 0.160. The van der Waals surface area contributed by atoms with Crippen LogP contribution in [0.3, 0.4) is 0 Å². The van der Waals surface area contributed by atoms with Crippen LogP contribution < -0.4 is 5.32 Å². The van der Waals surface area contributed by atoms with Crippen LogP contribution in [0, 0.1) is 5.82 Å². The third-order valence-electron chi connectivity index (χ3n) is 3.40. The molecule has 0 radical (unpaired) electrons. The zero-order valence-corrected chi connectivity index (χ0v) is 14.3. The van der Waals surface area contributed by atoms with Crippen molar-refractivity contribution < 1.29 is 4.39 Å². The van der Waals surface area contributed by atoms with E-state index in [4.69, 9.17) is 0 Å². The molecule has 1 aromatic carbocycles. The Bertz CT molecular complexity index is 745. The molecule has 0 aliphatic carbocycles. The highest BCUT2D eigenvalue weighted by Crippen LogP contribution is 2.26. The number of benzene rings is 1. The molecule has 1 N–H and O–H groups in total. The molecule has 116 valence electrons. The molecule has 0 saturated heterocycles. The topological polar surface area (TPSA) is 42.2 Å². The fourth-order valence-corrected chi connectivity index (χ4v) is 2.89. The van der Waals surface area contributed by atoms with Gasteiger partial charge < -0.3 is 5.32 Å². The van der Waals surface area contributed by atoms with Gasteiger partial charge in [0.05, 0.1) is 11.9 Å². The van der Waals surface area contributed by atoms with Crippen molar-refractivity contribution in [2.75, 3.05) is 18.1 Å². The number of imidazole rings is 1. The summed E-state index contributed by atoms with van der Waals surface area (Å²) < 4.78 is 14.9. The Morgan fingerprint density at radius 2 is 2.05 bits per heavy atom. The zero-order chi connectivity index (χ0) is 15.7. The highest BCUT2D eigenvalue weighted by Gasteiger charge is 2.17. The monoisotopic (exact) mass is 336 g/mol. The number of nitrogens with zero attached hydrogens (tertiary/aromatic N) is 3. The van der Waals surface area contributed by atoms with Crippen molar-refractivity contribution in [2.45, 2.75) is 18.6 Å². The molecule has 0 aliphatic rings. The Morgan fingerprint density at radius 3 is 2.68 bits per heavy atom. The van der Waals surface area contributed by atoms with E-state index >= 15 is 0 Å². The van der Waals surface area contributed by atoms with Gasteiger partial charge in [0.25, 0.3) is 0 Å². The number of hydrogen-bond acceptors (Lipinski definition) is 5. The van der Waals surface area contributed by atoms with Crippen molar-refractivity contribution >= 4 is 33.2 Å². The molecular weight excluding hydrogens is 319 g/mol. The van der Waals surface area contributed by atoms with E-state index in [-0.39, 0.29) is 10.6 Å². The zero-order valence-electron chi connectivity index (χ0n) is 12.6. The van der Waals surface area contributed by atoms with E-state index in [0.29, 0.717) is 0 Å². The van der Waals surface area contributed by atoms with Crippen LogP contribution in [0.5, 0.6) is 0 Å². The Balaban J connectivity index is 1.79. The van der Waals surface area contributed by atoms with Crippen LogP contribution in [0.1, 0.15) is 13.8 Å². The van der Waals surface area contributed by atoms with Crippen LogP contribution in [0.2, 0.25) is 0 Å². The molecule has 3 aromatic rings. The number of aromatic nitrogens is 3. The van der Waals surface area contributed by atoms with Crippen LogP contribution in [-0.2, 0) is 0 Å². The Labute approximate surface area is 136 Å². The third kappa shape index (κ3) is 3.25. The average molecular weight is 336 g/mol. The van der Waals surface area contributed by atoms with Crippen LogP contribution >= 0.6 is 23.1 Å². The predicted molar refractivity (Wildman–Crippen MR) is 92.3 cm³/mol. The number of hydrogen-bond donors (Lipinski definition) is 1. The van der Waals surface area contributed by atoms with Gasteiger partial charge in [0, 0.05) is 16.9 Å². The highest BCUT2D eigenvalue weighted by molar-refractivity contribution is 7.99. The van der Waals surface area contributed by atoms with E-state index in [1.807, 2.05) is 18.0 Å². The van der Waals surface area contributed by atoms with Crippen LogP contribution in [0.15, 0.2) is 30.5 Å².